The van der Waals surface area contributed by atoms with Gasteiger partial charge in [0, 0.05) is 24.5 Å². The molecule has 110 valence electrons. The van der Waals surface area contributed by atoms with Crippen LogP contribution < -0.4 is 0 Å². The molecule has 0 aliphatic heterocycles. The Bertz CT molecular complexity index is 503. The van der Waals surface area contributed by atoms with Crippen molar-refractivity contribution in [3.05, 3.63) is 34.9 Å². The van der Waals surface area contributed by atoms with Crippen LogP contribution in [0.15, 0.2) is 12.1 Å². The van der Waals surface area contributed by atoms with Crippen LogP contribution in [0.25, 0.3) is 0 Å². The van der Waals surface area contributed by atoms with Gasteiger partial charge in [-0.25, -0.2) is 8.78 Å². The number of rotatable bonds is 5. The quantitative estimate of drug-likeness (QED) is 0.755. The van der Waals surface area contributed by atoms with Crippen LogP contribution in [0.1, 0.15) is 41.6 Å². The van der Waals surface area contributed by atoms with Crippen molar-refractivity contribution in [3.8, 4) is 0 Å². The molecule has 0 atom stereocenters. The minimum absolute atomic E-state index is 0.0506. The molecule has 0 heterocycles. The zero-order chi connectivity index (χ0) is 14.7. The molecular weight excluding hydrogens is 284 g/mol. The number of nitrogens with zero attached hydrogens (tertiary/aromatic N) is 1. The fraction of sp³-hybridized carbons (Fsp3) is 0.533. The average Bonchev–Trinajstić information content (AvgIpc) is 2.35. The number of benzene rings is 1. The highest BCUT2D eigenvalue weighted by Gasteiger charge is 2.30. The summed E-state index contributed by atoms with van der Waals surface area (Å²) in [5, 5.41) is 0. The average molecular weight is 302 g/mol. The molecule has 0 unspecified atom stereocenters. The Morgan fingerprint density at radius 3 is 2.60 bits per heavy atom. The lowest BCUT2D eigenvalue weighted by molar-refractivity contribution is 0.0576. The maximum Gasteiger partial charge on any atom is 0.257 e. The maximum absolute atomic E-state index is 13.8. The van der Waals surface area contributed by atoms with Gasteiger partial charge in [-0.2, -0.15) is 0 Å². The summed E-state index contributed by atoms with van der Waals surface area (Å²) in [6.07, 6.45) is 3.64. The van der Waals surface area contributed by atoms with Crippen LogP contribution in [0.5, 0.6) is 0 Å². The monoisotopic (exact) mass is 301 g/mol. The Labute approximate surface area is 122 Å². The lowest BCUT2D eigenvalue weighted by Crippen LogP contribution is -2.45. The van der Waals surface area contributed by atoms with Crippen molar-refractivity contribution in [2.24, 2.45) is 0 Å². The molecule has 2 rings (SSSR count). The molecule has 1 aromatic carbocycles. The molecule has 0 bridgehead atoms. The van der Waals surface area contributed by atoms with Crippen LogP contribution >= 0.6 is 11.6 Å². The molecule has 1 aliphatic rings. The Hall–Kier alpha value is -1.16. The van der Waals surface area contributed by atoms with Gasteiger partial charge in [-0.3, -0.25) is 4.79 Å². The largest absolute Gasteiger partial charge is 0.336 e. The highest BCUT2D eigenvalue weighted by Crippen LogP contribution is 2.27. The van der Waals surface area contributed by atoms with Gasteiger partial charge in [0.15, 0.2) is 0 Å². The Morgan fingerprint density at radius 2 is 2.05 bits per heavy atom. The van der Waals surface area contributed by atoms with Crippen molar-refractivity contribution in [3.63, 3.8) is 0 Å². The number of halogens is 3. The fourth-order valence-corrected chi connectivity index (χ4v) is 2.47. The van der Waals surface area contributed by atoms with Gasteiger partial charge < -0.3 is 4.90 Å². The third kappa shape index (κ3) is 3.11. The number of hydrogen-bond donors (Lipinski definition) is 0. The molecule has 5 heteroatoms. The number of amides is 1. The SMILES string of the molecule is Cc1cc(C(=O)N(CCCCl)C2CCC2)c(F)cc1F. The van der Waals surface area contributed by atoms with Gasteiger partial charge in [0.25, 0.3) is 5.91 Å². The molecule has 1 fully saturated rings. The van der Waals surface area contributed by atoms with Gasteiger partial charge in [0.05, 0.1) is 5.56 Å². The van der Waals surface area contributed by atoms with Crippen molar-refractivity contribution in [2.45, 2.75) is 38.6 Å². The minimum atomic E-state index is -0.798. The van der Waals surface area contributed by atoms with Crippen molar-refractivity contribution in [1.82, 2.24) is 4.90 Å². The lowest BCUT2D eigenvalue weighted by atomic mass is 9.90. The van der Waals surface area contributed by atoms with Crippen molar-refractivity contribution in [2.75, 3.05) is 12.4 Å². The van der Waals surface area contributed by atoms with Gasteiger partial charge in [0.1, 0.15) is 11.6 Å². The molecular formula is C15H18ClF2NO. The van der Waals surface area contributed by atoms with E-state index in [-0.39, 0.29) is 23.1 Å². The topological polar surface area (TPSA) is 20.3 Å². The molecule has 1 saturated carbocycles. The maximum atomic E-state index is 13.8. The first-order valence-corrected chi connectivity index (χ1v) is 7.40. The van der Waals surface area contributed by atoms with E-state index in [1.165, 1.54) is 13.0 Å². The summed E-state index contributed by atoms with van der Waals surface area (Å²) in [6, 6.07) is 2.23. The van der Waals surface area contributed by atoms with Crippen LogP contribution in [-0.4, -0.2) is 29.3 Å². The molecule has 0 spiro atoms. The zero-order valence-corrected chi connectivity index (χ0v) is 12.2. The number of hydrogen-bond acceptors (Lipinski definition) is 1. The van der Waals surface area contributed by atoms with Crippen molar-refractivity contribution < 1.29 is 13.6 Å². The summed E-state index contributed by atoms with van der Waals surface area (Å²) < 4.78 is 27.1. The van der Waals surface area contributed by atoms with Gasteiger partial charge in [0.2, 0.25) is 0 Å². The van der Waals surface area contributed by atoms with Crippen LogP contribution in [0.3, 0.4) is 0 Å². The summed E-state index contributed by atoms with van der Waals surface area (Å²) in [5.74, 6) is -1.33. The molecule has 0 saturated heterocycles. The second-order valence-electron chi connectivity index (χ2n) is 5.21. The summed E-state index contributed by atoms with van der Waals surface area (Å²) in [5.41, 5.74) is 0.228. The lowest BCUT2D eigenvalue weighted by Gasteiger charge is -2.37. The zero-order valence-electron chi connectivity index (χ0n) is 11.5. The normalized spacial score (nSPS) is 15.0. The predicted molar refractivity (Wildman–Crippen MR) is 75.1 cm³/mol. The molecule has 0 aromatic heterocycles. The number of carbonyl (C=O) groups is 1. The molecule has 0 N–H and O–H groups in total. The van der Waals surface area contributed by atoms with E-state index in [9.17, 15) is 13.6 Å². The fourth-order valence-electron chi connectivity index (χ4n) is 2.35. The highest BCUT2D eigenvalue weighted by molar-refractivity contribution is 6.17. The standard InChI is InChI=1S/C15H18ClF2NO/c1-10-8-12(14(18)9-13(10)17)15(20)19(7-3-6-16)11-4-2-5-11/h8-9,11H,2-7H2,1H3. The van der Waals surface area contributed by atoms with E-state index in [4.69, 9.17) is 11.6 Å². The first-order chi connectivity index (χ1) is 9.54. The van der Waals surface area contributed by atoms with Crippen molar-refractivity contribution in [1.29, 1.82) is 0 Å². The molecule has 2 nitrogen and oxygen atoms in total. The van der Waals surface area contributed by atoms with E-state index in [1.54, 1.807) is 4.90 Å². The van der Waals surface area contributed by atoms with E-state index in [0.717, 1.165) is 25.3 Å². The first-order valence-electron chi connectivity index (χ1n) is 6.87. The summed E-state index contributed by atoms with van der Waals surface area (Å²) in [4.78, 5) is 14.2. The summed E-state index contributed by atoms with van der Waals surface area (Å²) in [7, 11) is 0. The second-order valence-corrected chi connectivity index (χ2v) is 5.59. The Kier molecular flexibility index (Phi) is 4.97. The molecule has 1 aromatic rings. The highest BCUT2D eigenvalue weighted by atomic mass is 35.5. The number of alkyl halides is 1. The first kappa shape index (κ1) is 15.2. The molecule has 1 aliphatic carbocycles. The van der Waals surface area contributed by atoms with E-state index in [0.29, 0.717) is 18.8 Å². The summed E-state index contributed by atoms with van der Waals surface area (Å²) >= 11 is 5.68. The van der Waals surface area contributed by atoms with Gasteiger partial charge in [-0.1, -0.05) is 0 Å². The second kappa shape index (κ2) is 6.53. The number of aryl methyl sites for hydroxylation is 1. The Morgan fingerprint density at radius 1 is 1.35 bits per heavy atom. The smallest absolute Gasteiger partial charge is 0.257 e. The molecule has 1 amide bonds. The van der Waals surface area contributed by atoms with Crippen LogP contribution in [0, 0.1) is 18.6 Å². The van der Waals surface area contributed by atoms with E-state index < -0.39 is 11.6 Å². The molecule has 20 heavy (non-hydrogen) atoms. The summed E-state index contributed by atoms with van der Waals surface area (Å²) in [6.45, 7) is 2.04. The van der Waals surface area contributed by atoms with Crippen LogP contribution in [0.4, 0.5) is 8.78 Å². The molecule has 0 radical (unpaired) electrons. The third-order valence-electron chi connectivity index (χ3n) is 3.79. The van der Waals surface area contributed by atoms with E-state index in [1.807, 2.05) is 0 Å². The van der Waals surface area contributed by atoms with Gasteiger partial charge in [-0.15, -0.1) is 11.6 Å². The van der Waals surface area contributed by atoms with Crippen molar-refractivity contribution >= 4 is 17.5 Å². The number of carbonyl (C=O) groups excluding carboxylic acids is 1. The third-order valence-corrected chi connectivity index (χ3v) is 4.05. The Balaban J connectivity index is 2.24. The van der Waals surface area contributed by atoms with E-state index >= 15 is 0 Å². The van der Waals surface area contributed by atoms with Gasteiger partial charge in [-0.05, 0) is 44.2 Å². The van der Waals surface area contributed by atoms with Crippen LogP contribution in [0.2, 0.25) is 0 Å². The minimum Gasteiger partial charge on any atom is -0.336 e. The van der Waals surface area contributed by atoms with Crippen LogP contribution in [-0.2, 0) is 0 Å². The van der Waals surface area contributed by atoms with Gasteiger partial charge >= 0.3 is 0 Å². The van der Waals surface area contributed by atoms with E-state index in [2.05, 4.69) is 0 Å². The predicted octanol–water partition coefficient (Wildman–Crippen LogP) is 3.90.